The Balaban J connectivity index is 1.80. The molecule has 4 nitrogen and oxygen atoms in total. The zero-order chi connectivity index (χ0) is 14.3. The Labute approximate surface area is 121 Å². The van der Waals surface area contributed by atoms with Crippen molar-refractivity contribution in [3.8, 4) is 0 Å². The van der Waals surface area contributed by atoms with Crippen LogP contribution < -0.4 is 5.32 Å². The zero-order valence-electron chi connectivity index (χ0n) is 12.6. The molecule has 0 radical (unpaired) electrons. The fraction of sp³-hybridized carbons (Fsp3) is 0.875. The van der Waals surface area contributed by atoms with E-state index in [1.165, 1.54) is 19.3 Å². The summed E-state index contributed by atoms with van der Waals surface area (Å²) in [6.07, 6.45) is 7.98. The minimum absolute atomic E-state index is 0.0939. The zero-order valence-corrected chi connectivity index (χ0v) is 12.6. The van der Waals surface area contributed by atoms with E-state index in [2.05, 4.69) is 5.32 Å². The van der Waals surface area contributed by atoms with Gasteiger partial charge in [0, 0.05) is 6.04 Å². The highest BCUT2D eigenvalue weighted by Gasteiger charge is 2.50. The lowest BCUT2D eigenvalue weighted by Gasteiger charge is -2.44. The van der Waals surface area contributed by atoms with Gasteiger partial charge in [-0.15, -0.1) is 0 Å². The highest BCUT2D eigenvalue weighted by molar-refractivity contribution is 5.97. The van der Waals surface area contributed by atoms with Crippen LogP contribution in [-0.4, -0.2) is 34.8 Å². The summed E-state index contributed by atoms with van der Waals surface area (Å²) in [7, 11) is 0. The first-order valence-electron chi connectivity index (χ1n) is 8.22. The second kappa shape index (κ2) is 5.38. The number of carbonyl (C=O) groups is 2. The maximum absolute atomic E-state index is 12.9. The normalized spacial score (nSPS) is 32.6. The van der Waals surface area contributed by atoms with E-state index in [4.69, 9.17) is 0 Å². The molecule has 2 amide bonds. The summed E-state index contributed by atoms with van der Waals surface area (Å²) >= 11 is 0. The number of piperazine rings is 1. The van der Waals surface area contributed by atoms with E-state index in [1.54, 1.807) is 0 Å². The second-order valence-corrected chi connectivity index (χ2v) is 7.01. The summed E-state index contributed by atoms with van der Waals surface area (Å²) < 4.78 is 0. The molecule has 0 spiro atoms. The molecule has 0 bridgehead atoms. The molecule has 20 heavy (non-hydrogen) atoms. The number of hydrogen-bond donors (Lipinski definition) is 1. The monoisotopic (exact) mass is 278 g/mol. The molecule has 2 aliphatic carbocycles. The molecule has 1 heterocycles. The molecular formula is C16H26N2O2. The average molecular weight is 278 g/mol. The number of carbonyl (C=O) groups excluding carboxylic acids is 2. The first-order chi connectivity index (χ1) is 9.59. The number of hydrogen-bond acceptors (Lipinski definition) is 2. The SMILES string of the molecule is CC(C)N1C(=O)C(C2CCCCC2)NC(=O)C1C1CC1. The van der Waals surface area contributed by atoms with Gasteiger partial charge < -0.3 is 10.2 Å². The van der Waals surface area contributed by atoms with E-state index in [-0.39, 0.29) is 29.9 Å². The summed E-state index contributed by atoms with van der Waals surface area (Å²) in [6.45, 7) is 4.06. The van der Waals surface area contributed by atoms with Gasteiger partial charge in [-0.3, -0.25) is 9.59 Å². The van der Waals surface area contributed by atoms with Crippen molar-refractivity contribution in [3.63, 3.8) is 0 Å². The van der Waals surface area contributed by atoms with E-state index in [0.29, 0.717) is 11.8 Å². The van der Waals surface area contributed by atoms with Gasteiger partial charge in [0.1, 0.15) is 12.1 Å². The molecule has 4 heteroatoms. The molecule has 112 valence electrons. The maximum atomic E-state index is 12.9. The first-order valence-corrected chi connectivity index (χ1v) is 8.22. The van der Waals surface area contributed by atoms with E-state index >= 15 is 0 Å². The Morgan fingerprint density at radius 3 is 2.20 bits per heavy atom. The van der Waals surface area contributed by atoms with Gasteiger partial charge in [-0.2, -0.15) is 0 Å². The van der Waals surface area contributed by atoms with E-state index < -0.39 is 0 Å². The van der Waals surface area contributed by atoms with Gasteiger partial charge in [-0.1, -0.05) is 19.3 Å². The second-order valence-electron chi connectivity index (χ2n) is 7.01. The van der Waals surface area contributed by atoms with Crippen molar-refractivity contribution in [2.24, 2.45) is 11.8 Å². The van der Waals surface area contributed by atoms with Crippen LogP contribution >= 0.6 is 0 Å². The maximum Gasteiger partial charge on any atom is 0.246 e. The van der Waals surface area contributed by atoms with Gasteiger partial charge >= 0.3 is 0 Å². The average Bonchev–Trinajstić information content (AvgIpc) is 3.25. The van der Waals surface area contributed by atoms with Crippen molar-refractivity contribution in [1.29, 1.82) is 0 Å². The molecule has 2 atom stereocenters. The molecule has 3 aliphatic rings. The Morgan fingerprint density at radius 1 is 1.00 bits per heavy atom. The predicted molar refractivity (Wildman–Crippen MR) is 77.0 cm³/mol. The minimum Gasteiger partial charge on any atom is -0.342 e. The molecule has 0 aromatic carbocycles. The fourth-order valence-electron chi connectivity index (χ4n) is 3.94. The van der Waals surface area contributed by atoms with Gasteiger partial charge in [-0.25, -0.2) is 0 Å². The lowest BCUT2D eigenvalue weighted by Crippen LogP contribution is -2.67. The smallest absolute Gasteiger partial charge is 0.246 e. The van der Waals surface area contributed by atoms with Crippen LogP contribution in [0.4, 0.5) is 0 Å². The quantitative estimate of drug-likeness (QED) is 0.859. The highest BCUT2D eigenvalue weighted by Crippen LogP contribution is 2.39. The van der Waals surface area contributed by atoms with Crippen LogP contribution in [0, 0.1) is 11.8 Å². The van der Waals surface area contributed by atoms with Crippen LogP contribution in [0.25, 0.3) is 0 Å². The number of nitrogens with one attached hydrogen (secondary N) is 1. The summed E-state index contributed by atoms with van der Waals surface area (Å²) in [5.74, 6) is 1.01. The van der Waals surface area contributed by atoms with Crippen LogP contribution in [0.15, 0.2) is 0 Å². The van der Waals surface area contributed by atoms with Crippen LogP contribution in [-0.2, 0) is 9.59 Å². The first kappa shape index (κ1) is 13.9. The van der Waals surface area contributed by atoms with E-state index in [9.17, 15) is 9.59 Å². The minimum atomic E-state index is -0.264. The molecule has 2 unspecified atom stereocenters. The number of rotatable bonds is 3. The number of nitrogens with zero attached hydrogens (tertiary/aromatic N) is 1. The Hall–Kier alpha value is -1.06. The molecule has 1 aliphatic heterocycles. The van der Waals surface area contributed by atoms with Crippen LogP contribution in [0.1, 0.15) is 58.8 Å². The third-order valence-electron chi connectivity index (χ3n) is 5.13. The number of amides is 2. The Bertz CT molecular complexity index is 397. The van der Waals surface area contributed by atoms with Crippen molar-refractivity contribution < 1.29 is 9.59 Å². The van der Waals surface area contributed by atoms with E-state index in [1.807, 2.05) is 18.7 Å². The summed E-state index contributed by atoms with van der Waals surface area (Å²) in [5, 5.41) is 3.06. The van der Waals surface area contributed by atoms with Crippen molar-refractivity contribution >= 4 is 11.8 Å². The van der Waals surface area contributed by atoms with Crippen molar-refractivity contribution in [3.05, 3.63) is 0 Å². The van der Waals surface area contributed by atoms with Gasteiger partial charge in [0.25, 0.3) is 0 Å². The topological polar surface area (TPSA) is 49.4 Å². The lowest BCUT2D eigenvalue weighted by atomic mass is 9.81. The summed E-state index contributed by atoms with van der Waals surface area (Å²) in [4.78, 5) is 27.2. The predicted octanol–water partition coefficient (Wildman–Crippen LogP) is 2.08. The Morgan fingerprint density at radius 2 is 1.65 bits per heavy atom. The molecule has 3 fully saturated rings. The Kier molecular flexibility index (Phi) is 3.74. The fourth-order valence-corrected chi connectivity index (χ4v) is 3.94. The molecule has 1 saturated heterocycles. The lowest BCUT2D eigenvalue weighted by molar-refractivity contribution is -0.154. The van der Waals surface area contributed by atoms with E-state index in [0.717, 1.165) is 25.7 Å². The van der Waals surface area contributed by atoms with Gasteiger partial charge in [0.05, 0.1) is 0 Å². The summed E-state index contributed by atoms with van der Waals surface area (Å²) in [6, 6.07) is -0.354. The third kappa shape index (κ3) is 2.45. The molecule has 0 aromatic heterocycles. The third-order valence-corrected chi connectivity index (χ3v) is 5.13. The largest absolute Gasteiger partial charge is 0.342 e. The van der Waals surface area contributed by atoms with Crippen LogP contribution in [0.2, 0.25) is 0 Å². The van der Waals surface area contributed by atoms with Gasteiger partial charge in [0.2, 0.25) is 11.8 Å². The molecular weight excluding hydrogens is 252 g/mol. The molecule has 2 saturated carbocycles. The van der Waals surface area contributed by atoms with Gasteiger partial charge in [0.15, 0.2) is 0 Å². The molecule has 0 aromatic rings. The van der Waals surface area contributed by atoms with Crippen molar-refractivity contribution in [2.75, 3.05) is 0 Å². The molecule has 3 rings (SSSR count). The standard InChI is InChI=1S/C16H26N2O2/c1-10(2)18-14(12-8-9-12)15(19)17-13(16(18)20)11-6-4-3-5-7-11/h10-14H,3-9H2,1-2H3,(H,17,19). The molecule has 1 N–H and O–H groups in total. The van der Waals surface area contributed by atoms with Crippen molar-refractivity contribution in [2.45, 2.75) is 76.9 Å². The van der Waals surface area contributed by atoms with Gasteiger partial charge in [-0.05, 0) is 51.4 Å². The van der Waals surface area contributed by atoms with Crippen LogP contribution in [0.3, 0.4) is 0 Å². The van der Waals surface area contributed by atoms with Crippen LogP contribution in [0.5, 0.6) is 0 Å². The summed E-state index contributed by atoms with van der Waals surface area (Å²) in [5.41, 5.74) is 0. The highest BCUT2D eigenvalue weighted by atomic mass is 16.2. The van der Waals surface area contributed by atoms with Crippen molar-refractivity contribution in [1.82, 2.24) is 10.2 Å².